The van der Waals surface area contributed by atoms with E-state index in [4.69, 9.17) is 0 Å². The van der Waals surface area contributed by atoms with Crippen molar-refractivity contribution < 1.29 is 0 Å². The summed E-state index contributed by atoms with van der Waals surface area (Å²) in [7, 11) is 0. The second-order valence-corrected chi connectivity index (χ2v) is 5.97. The maximum absolute atomic E-state index is 2.68. The zero-order valence-corrected chi connectivity index (χ0v) is 9.22. The summed E-state index contributed by atoms with van der Waals surface area (Å²) >= 11 is 5.36. The Morgan fingerprint density at radius 3 is 1.38 bits per heavy atom. The molecule has 8 heavy (non-hydrogen) atoms. The Hall–Kier alpha value is 1.04. The van der Waals surface area contributed by atoms with E-state index in [1.54, 1.807) is 0 Å². The molecular formula is C6H14Se2. The summed E-state index contributed by atoms with van der Waals surface area (Å²) in [5, 5.41) is 0. The molecule has 2 unspecified atom stereocenters. The monoisotopic (exact) mass is 246 g/mol. The van der Waals surface area contributed by atoms with Gasteiger partial charge in [0.1, 0.15) is 0 Å². The third kappa shape index (κ3) is 7.04. The summed E-state index contributed by atoms with van der Waals surface area (Å²) in [5.41, 5.74) is 0. The maximum atomic E-state index is 2.68. The zero-order chi connectivity index (χ0) is 6.57. The summed E-state index contributed by atoms with van der Waals surface area (Å²) in [5.74, 6) is 0. The average Bonchev–Trinajstić information content (AvgIpc) is 1.61. The molecule has 0 amide bonds. The van der Waals surface area contributed by atoms with Crippen molar-refractivity contribution in [3.8, 4) is 0 Å². The van der Waals surface area contributed by atoms with E-state index in [-0.39, 0.29) is 0 Å². The first-order valence-corrected chi connectivity index (χ1v) is 5.15. The van der Waals surface area contributed by atoms with E-state index in [1.807, 2.05) is 0 Å². The first kappa shape index (κ1) is 9.04. The fourth-order valence-electron chi connectivity index (χ4n) is 0.482. The summed E-state index contributed by atoms with van der Waals surface area (Å²) < 4.78 is 0. The standard InChI is InChI=1S/C6H14Se2/c1-5(7)3-4-6(2)8/h5-8H,3-4H2,1-2H3. The first-order valence-electron chi connectivity index (χ1n) is 2.99. The van der Waals surface area contributed by atoms with Crippen LogP contribution in [0.15, 0.2) is 0 Å². The molecule has 2 heteroatoms. The van der Waals surface area contributed by atoms with Crippen molar-refractivity contribution in [3.05, 3.63) is 0 Å². The molecule has 0 aromatic rings. The van der Waals surface area contributed by atoms with Gasteiger partial charge in [0.25, 0.3) is 0 Å². The van der Waals surface area contributed by atoms with Crippen molar-refractivity contribution >= 4 is 32.0 Å². The van der Waals surface area contributed by atoms with Gasteiger partial charge in [-0.15, -0.1) is 0 Å². The van der Waals surface area contributed by atoms with Gasteiger partial charge in [-0.05, 0) is 0 Å². The fourth-order valence-corrected chi connectivity index (χ4v) is 1.11. The molecule has 0 saturated carbocycles. The molecule has 0 bridgehead atoms. The van der Waals surface area contributed by atoms with Crippen LogP contribution in [-0.4, -0.2) is 32.0 Å². The summed E-state index contributed by atoms with van der Waals surface area (Å²) in [6.07, 6.45) is 2.69. The number of hydrogen-bond donors (Lipinski definition) is 0. The molecule has 50 valence electrons. The Morgan fingerprint density at radius 1 is 1.00 bits per heavy atom. The van der Waals surface area contributed by atoms with Gasteiger partial charge in [0.05, 0.1) is 0 Å². The van der Waals surface area contributed by atoms with Crippen molar-refractivity contribution in [2.45, 2.75) is 36.3 Å². The Morgan fingerprint density at radius 2 is 1.25 bits per heavy atom. The minimum absolute atomic E-state index is 0.814. The molecule has 0 aromatic carbocycles. The van der Waals surface area contributed by atoms with Crippen LogP contribution in [0.4, 0.5) is 0 Å². The van der Waals surface area contributed by atoms with Gasteiger partial charge in [-0.1, -0.05) is 0 Å². The van der Waals surface area contributed by atoms with Crippen LogP contribution >= 0.6 is 0 Å². The third-order valence-electron chi connectivity index (χ3n) is 1.00. The van der Waals surface area contributed by atoms with Crippen LogP contribution in [0.5, 0.6) is 0 Å². The first-order chi connectivity index (χ1) is 3.63. The molecule has 0 aliphatic heterocycles. The van der Waals surface area contributed by atoms with E-state index >= 15 is 0 Å². The molecule has 0 aliphatic rings. The van der Waals surface area contributed by atoms with Gasteiger partial charge in [-0.3, -0.25) is 0 Å². The van der Waals surface area contributed by atoms with Gasteiger partial charge in [0.15, 0.2) is 0 Å². The molecule has 0 saturated heterocycles. The summed E-state index contributed by atoms with van der Waals surface area (Å²) in [4.78, 5) is 1.63. The van der Waals surface area contributed by atoms with Gasteiger partial charge < -0.3 is 0 Å². The van der Waals surface area contributed by atoms with Gasteiger partial charge in [0, 0.05) is 0 Å². The number of rotatable bonds is 3. The Balaban J connectivity index is 2.93. The third-order valence-corrected chi connectivity index (χ3v) is 2.09. The van der Waals surface area contributed by atoms with Crippen molar-refractivity contribution in [1.29, 1.82) is 0 Å². The summed E-state index contributed by atoms with van der Waals surface area (Å²) in [6, 6.07) is 0. The second-order valence-electron chi connectivity index (χ2n) is 2.28. The van der Waals surface area contributed by atoms with E-state index in [9.17, 15) is 0 Å². The topological polar surface area (TPSA) is 0 Å². The molecule has 0 fully saturated rings. The predicted octanol–water partition coefficient (Wildman–Crippen LogP) is 1.18. The molecule has 0 rings (SSSR count). The van der Waals surface area contributed by atoms with Crippen molar-refractivity contribution in [1.82, 2.24) is 0 Å². The van der Waals surface area contributed by atoms with Gasteiger partial charge >= 0.3 is 68.3 Å². The SMILES string of the molecule is CC([SeH])CCC(C)[SeH]. The van der Waals surface area contributed by atoms with Crippen LogP contribution < -0.4 is 0 Å². The van der Waals surface area contributed by atoms with E-state index in [1.165, 1.54) is 12.8 Å². The average molecular weight is 244 g/mol. The fraction of sp³-hybridized carbons (Fsp3) is 1.00. The van der Waals surface area contributed by atoms with Crippen LogP contribution in [0.3, 0.4) is 0 Å². The van der Waals surface area contributed by atoms with E-state index in [2.05, 4.69) is 45.9 Å². The van der Waals surface area contributed by atoms with Crippen LogP contribution in [-0.2, 0) is 0 Å². The van der Waals surface area contributed by atoms with Crippen LogP contribution in [0.2, 0.25) is 9.63 Å². The van der Waals surface area contributed by atoms with Crippen LogP contribution in [0.1, 0.15) is 26.7 Å². The molecule has 0 N–H and O–H groups in total. The molecule has 2 atom stereocenters. The summed E-state index contributed by atoms with van der Waals surface area (Å²) in [6.45, 7) is 4.49. The van der Waals surface area contributed by atoms with Crippen molar-refractivity contribution in [2.24, 2.45) is 0 Å². The molecule has 0 aliphatic carbocycles. The molecule has 0 aromatic heterocycles. The quantitative estimate of drug-likeness (QED) is 0.654. The van der Waals surface area contributed by atoms with E-state index < -0.39 is 0 Å². The van der Waals surface area contributed by atoms with Gasteiger partial charge in [0.2, 0.25) is 0 Å². The Labute approximate surface area is 68.4 Å². The van der Waals surface area contributed by atoms with Gasteiger partial charge in [-0.2, -0.15) is 0 Å². The zero-order valence-electron chi connectivity index (χ0n) is 5.46. The van der Waals surface area contributed by atoms with Crippen molar-refractivity contribution in [3.63, 3.8) is 0 Å². The molecular weight excluding hydrogens is 230 g/mol. The van der Waals surface area contributed by atoms with E-state index in [0.29, 0.717) is 0 Å². The predicted molar refractivity (Wildman–Crippen MR) is 42.4 cm³/mol. The van der Waals surface area contributed by atoms with Crippen LogP contribution in [0.25, 0.3) is 0 Å². The van der Waals surface area contributed by atoms with Crippen LogP contribution in [0, 0.1) is 0 Å². The molecule has 0 heterocycles. The van der Waals surface area contributed by atoms with Gasteiger partial charge in [-0.25, -0.2) is 0 Å². The normalized spacial score (nSPS) is 18.0. The Bertz CT molecular complexity index is 42.5. The van der Waals surface area contributed by atoms with E-state index in [0.717, 1.165) is 9.63 Å². The molecule has 0 radical (unpaired) electrons. The Kier molecular flexibility index (Phi) is 5.51. The van der Waals surface area contributed by atoms with Crippen molar-refractivity contribution in [2.75, 3.05) is 0 Å². The minimum atomic E-state index is 0.814. The molecule has 0 nitrogen and oxygen atoms in total. The second kappa shape index (κ2) is 4.88. The molecule has 0 spiro atoms. The number of hydrogen-bond acceptors (Lipinski definition) is 0.